The first kappa shape index (κ1) is 14.4. The lowest BCUT2D eigenvalue weighted by molar-refractivity contribution is 0.175. The summed E-state index contributed by atoms with van der Waals surface area (Å²) in [6, 6.07) is 6.65. The summed E-state index contributed by atoms with van der Waals surface area (Å²) in [6.07, 6.45) is 4.07. The highest BCUT2D eigenvalue weighted by Gasteiger charge is 2.39. The van der Waals surface area contributed by atoms with Crippen molar-refractivity contribution < 1.29 is 5.11 Å². The first-order valence-corrected chi connectivity index (χ1v) is 8.03. The van der Waals surface area contributed by atoms with Crippen molar-refractivity contribution in [2.75, 3.05) is 6.54 Å². The van der Waals surface area contributed by atoms with Gasteiger partial charge in [0, 0.05) is 11.1 Å². The first-order valence-electron chi connectivity index (χ1n) is 7.65. The lowest BCUT2D eigenvalue weighted by Crippen LogP contribution is -2.34. The lowest BCUT2D eigenvalue weighted by Gasteiger charge is -2.30. The molecule has 0 saturated heterocycles. The number of benzene rings is 1. The standard InChI is InChI=1S/C17H24ClNO/c1-17(2)9-12-4-5-13(18)8-15(12)16(17)19-10-11-3-6-14(20)7-11/h4-5,8,11,14,16,19-20H,3,6-7,9-10H2,1-2H3. The highest BCUT2D eigenvalue weighted by molar-refractivity contribution is 6.30. The van der Waals surface area contributed by atoms with Crippen LogP contribution >= 0.6 is 11.6 Å². The summed E-state index contributed by atoms with van der Waals surface area (Å²) in [5.74, 6) is 0.615. The van der Waals surface area contributed by atoms with Gasteiger partial charge in [-0.2, -0.15) is 0 Å². The van der Waals surface area contributed by atoms with Gasteiger partial charge in [0.25, 0.3) is 0 Å². The second-order valence-corrected chi connectivity index (χ2v) is 7.62. The Morgan fingerprint density at radius 2 is 2.15 bits per heavy atom. The summed E-state index contributed by atoms with van der Waals surface area (Å²) < 4.78 is 0. The normalized spacial score (nSPS) is 31.5. The Hall–Kier alpha value is -0.570. The Morgan fingerprint density at radius 1 is 1.35 bits per heavy atom. The molecule has 20 heavy (non-hydrogen) atoms. The van der Waals surface area contributed by atoms with E-state index in [1.807, 2.05) is 6.07 Å². The molecular formula is C17H24ClNO. The van der Waals surface area contributed by atoms with E-state index in [-0.39, 0.29) is 11.5 Å². The van der Waals surface area contributed by atoms with Crippen molar-refractivity contribution in [2.24, 2.45) is 11.3 Å². The van der Waals surface area contributed by atoms with Crippen LogP contribution in [0, 0.1) is 11.3 Å². The van der Waals surface area contributed by atoms with Gasteiger partial charge >= 0.3 is 0 Å². The molecule has 0 heterocycles. The molecule has 0 amide bonds. The topological polar surface area (TPSA) is 32.3 Å². The summed E-state index contributed by atoms with van der Waals surface area (Å²) in [5.41, 5.74) is 3.01. The van der Waals surface area contributed by atoms with Gasteiger partial charge < -0.3 is 10.4 Å². The van der Waals surface area contributed by atoms with E-state index >= 15 is 0 Å². The van der Waals surface area contributed by atoms with E-state index in [2.05, 4.69) is 31.3 Å². The van der Waals surface area contributed by atoms with Crippen LogP contribution in [-0.2, 0) is 6.42 Å². The Kier molecular flexibility index (Phi) is 3.83. The van der Waals surface area contributed by atoms with Crippen LogP contribution in [0.15, 0.2) is 18.2 Å². The van der Waals surface area contributed by atoms with Crippen molar-refractivity contribution >= 4 is 11.6 Å². The highest BCUT2D eigenvalue weighted by Crippen LogP contribution is 2.46. The number of hydrogen-bond acceptors (Lipinski definition) is 2. The quantitative estimate of drug-likeness (QED) is 0.890. The number of aliphatic hydroxyl groups is 1. The van der Waals surface area contributed by atoms with Gasteiger partial charge in [-0.15, -0.1) is 0 Å². The maximum atomic E-state index is 9.64. The molecule has 2 aliphatic rings. The van der Waals surface area contributed by atoms with Crippen molar-refractivity contribution in [1.82, 2.24) is 5.32 Å². The summed E-state index contributed by atoms with van der Waals surface area (Å²) in [7, 11) is 0. The van der Waals surface area contributed by atoms with E-state index in [4.69, 9.17) is 11.6 Å². The minimum Gasteiger partial charge on any atom is -0.393 e. The monoisotopic (exact) mass is 293 g/mol. The minimum atomic E-state index is -0.0832. The van der Waals surface area contributed by atoms with E-state index < -0.39 is 0 Å². The Bertz CT molecular complexity index is 500. The van der Waals surface area contributed by atoms with E-state index in [9.17, 15) is 5.11 Å². The van der Waals surface area contributed by atoms with E-state index in [0.717, 1.165) is 37.3 Å². The second-order valence-electron chi connectivity index (χ2n) is 7.18. The predicted octanol–water partition coefficient (Wildman–Crippen LogP) is 3.71. The van der Waals surface area contributed by atoms with Gasteiger partial charge in [-0.3, -0.25) is 0 Å². The number of halogens is 1. The maximum absolute atomic E-state index is 9.64. The Labute approximate surface area is 126 Å². The predicted molar refractivity (Wildman–Crippen MR) is 83.0 cm³/mol. The van der Waals surface area contributed by atoms with Gasteiger partial charge in [0.15, 0.2) is 0 Å². The Balaban J connectivity index is 1.73. The SMILES string of the molecule is CC1(C)Cc2ccc(Cl)cc2C1NCC1CCC(O)C1. The third kappa shape index (κ3) is 2.74. The number of hydrogen-bond donors (Lipinski definition) is 2. The Morgan fingerprint density at radius 3 is 2.85 bits per heavy atom. The third-order valence-electron chi connectivity index (χ3n) is 4.97. The molecule has 3 atom stereocenters. The van der Waals surface area contributed by atoms with Crippen LogP contribution in [-0.4, -0.2) is 17.8 Å². The molecule has 1 saturated carbocycles. The van der Waals surface area contributed by atoms with Crippen molar-refractivity contribution in [3.05, 3.63) is 34.3 Å². The third-order valence-corrected chi connectivity index (χ3v) is 5.21. The molecule has 0 aromatic heterocycles. The largest absolute Gasteiger partial charge is 0.393 e. The van der Waals surface area contributed by atoms with Crippen LogP contribution in [0.5, 0.6) is 0 Å². The molecule has 1 aromatic carbocycles. The van der Waals surface area contributed by atoms with Gasteiger partial charge in [0.1, 0.15) is 0 Å². The maximum Gasteiger partial charge on any atom is 0.0543 e. The number of aliphatic hydroxyl groups excluding tert-OH is 1. The molecule has 2 N–H and O–H groups in total. The average molecular weight is 294 g/mol. The van der Waals surface area contributed by atoms with Gasteiger partial charge in [-0.25, -0.2) is 0 Å². The van der Waals surface area contributed by atoms with Crippen molar-refractivity contribution in [2.45, 2.75) is 51.7 Å². The minimum absolute atomic E-state index is 0.0832. The zero-order valence-corrected chi connectivity index (χ0v) is 13.1. The number of fused-ring (bicyclic) bond motifs is 1. The van der Waals surface area contributed by atoms with Crippen LogP contribution in [0.25, 0.3) is 0 Å². The van der Waals surface area contributed by atoms with Crippen LogP contribution in [0.2, 0.25) is 5.02 Å². The molecule has 2 nitrogen and oxygen atoms in total. The molecule has 1 aromatic rings. The molecule has 0 aliphatic heterocycles. The van der Waals surface area contributed by atoms with Crippen LogP contribution in [0.3, 0.4) is 0 Å². The van der Waals surface area contributed by atoms with Crippen LogP contribution < -0.4 is 5.32 Å². The molecule has 0 spiro atoms. The highest BCUT2D eigenvalue weighted by atomic mass is 35.5. The van der Waals surface area contributed by atoms with E-state index in [1.165, 1.54) is 11.1 Å². The molecule has 3 heteroatoms. The zero-order valence-electron chi connectivity index (χ0n) is 12.3. The fourth-order valence-electron chi connectivity index (χ4n) is 3.91. The summed E-state index contributed by atoms with van der Waals surface area (Å²) in [6.45, 7) is 5.64. The molecular weight excluding hydrogens is 270 g/mol. The van der Waals surface area contributed by atoms with Crippen LogP contribution in [0.1, 0.15) is 50.3 Å². The van der Waals surface area contributed by atoms with Crippen LogP contribution in [0.4, 0.5) is 0 Å². The second kappa shape index (κ2) is 5.32. The van der Waals surface area contributed by atoms with E-state index in [0.29, 0.717) is 12.0 Å². The van der Waals surface area contributed by atoms with Gasteiger partial charge in [0.05, 0.1) is 6.10 Å². The summed E-state index contributed by atoms with van der Waals surface area (Å²) in [5, 5.41) is 14.2. The molecule has 2 aliphatic carbocycles. The van der Waals surface area contributed by atoms with Crippen molar-refractivity contribution in [3.63, 3.8) is 0 Å². The van der Waals surface area contributed by atoms with Crippen molar-refractivity contribution in [1.29, 1.82) is 0 Å². The first-order chi connectivity index (χ1) is 9.45. The summed E-state index contributed by atoms with van der Waals surface area (Å²) >= 11 is 6.17. The average Bonchev–Trinajstić information content (AvgIpc) is 2.87. The van der Waals surface area contributed by atoms with E-state index in [1.54, 1.807) is 0 Å². The number of rotatable bonds is 3. The molecule has 1 fully saturated rings. The van der Waals surface area contributed by atoms with Gasteiger partial charge in [-0.1, -0.05) is 31.5 Å². The zero-order chi connectivity index (χ0) is 14.3. The molecule has 3 rings (SSSR count). The van der Waals surface area contributed by atoms with Crippen molar-refractivity contribution in [3.8, 4) is 0 Å². The summed E-state index contributed by atoms with van der Waals surface area (Å²) in [4.78, 5) is 0. The fourth-order valence-corrected chi connectivity index (χ4v) is 4.09. The molecule has 0 bridgehead atoms. The van der Waals surface area contributed by atoms with Gasteiger partial charge in [0.2, 0.25) is 0 Å². The number of nitrogens with one attached hydrogen (secondary N) is 1. The smallest absolute Gasteiger partial charge is 0.0543 e. The van der Waals surface area contributed by atoms with Gasteiger partial charge in [-0.05, 0) is 66.8 Å². The fraction of sp³-hybridized carbons (Fsp3) is 0.647. The molecule has 3 unspecified atom stereocenters. The molecule has 0 radical (unpaired) electrons. The lowest BCUT2D eigenvalue weighted by atomic mass is 9.85. The molecule has 110 valence electrons.